The Morgan fingerprint density at radius 1 is 0.630 bits per heavy atom. The molecule has 3 nitrogen and oxygen atoms in total. The summed E-state index contributed by atoms with van der Waals surface area (Å²) in [4.78, 5) is 8.22. The van der Waals surface area contributed by atoms with Crippen LogP contribution < -0.4 is 0 Å². The third kappa shape index (κ3) is 3.40. The van der Waals surface area contributed by atoms with Crippen molar-refractivity contribution < 1.29 is 0 Å². The lowest BCUT2D eigenvalue weighted by atomic mass is 9.83. The normalized spacial score (nSPS) is 17.4. The molecule has 2 aromatic heterocycles. The molecule has 3 heterocycles. The van der Waals surface area contributed by atoms with Gasteiger partial charge in [0.05, 0.1) is 11.0 Å². The zero-order valence-electron chi connectivity index (χ0n) is 26.0. The number of allylic oxidation sites excluding steroid dienone is 2. The van der Waals surface area contributed by atoms with Gasteiger partial charge in [-0.1, -0.05) is 111 Å². The SMILES string of the molecule is CN1C2=C(C(n3c4ccccc4c4cc5ccccc5cc43)=NC1c1ccc3c(c1)sc1ccccc13)c1ccccc1C2(C)C. The van der Waals surface area contributed by atoms with Gasteiger partial charge in [-0.3, -0.25) is 4.57 Å². The highest BCUT2D eigenvalue weighted by Crippen LogP contribution is 2.53. The summed E-state index contributed by atoms with van der Waals surface area (Å²) in [5, 5.41) is 7.64. The van der Waals surface area contributed by atoms with Gasteiger partial charge in [0, 0.05) is 54.7 Å². The highest BCUT2D eigenvalue weighted by Gasteiger charge is 2.46. The fourth-order valence-corrected chi connectivity index (χ4v) is 9.46. The molecule has 1 unspecified atom stereocenters. The smallest absolute Gasteiger partial charge is 0.149 e. The molecule has 10 rings (SSSR count). The lowest BCUT2D eigenvalue weighted by Gasteiger charge is -2.40. The van der Waals surface area contributed by atoms with Crippen LogP contribution in [0.4, 0.5) is 0 Å². The minimum atomic E-state index is -0.187. The predicted molar refractivity (Wildman–Crippen MR) is 196 cm³/mol. The molecule has 0 bridgehead atoms. The van der Waals surface area contributed by atoms with Crippen molar-refractivity contribution in [3.8, 4) is 0 Å². The number of thiophene rings is 1. The maximum atomic E-state index is 5.78. The minimum absolute atomic E-state index is 0.173. The van der Waals surface area contributed by atoms with Gasteiger partial charge in [-0.25, -0.2) is 4.99 Å². The van der Waals surface area contributed by atoms with Crippen molar-refractivity contribution in [3.05, 3.63) is 150 Å². The third-order valence-electron chi connectivity index (χ3n) is 10.3. The largest absolute Gasteiger partial charge is 0.351 e. The molecule has 0 radical (unpaired) electrons. The van der Waals surface area contributed by atoms with E-state index in [9.17, 15) is 0 Å². The van der Waals surface area contributed by atoms with Crippen LogP contribution >= 0.6 is 11.3 Å². The first-order chi connectivity index (χ1) is 22.5. The van der Waals surface area contributed by atoms with Crippen LogP contribution in [0.2, 0.25) is 0 Å². The van der Waals surface area contributed by atoms with Crippen LogP contribution in [0, 0.1) is 0 Å². The molecule has 0 saturated heterocycles. The molecule has 1 aliphatic heterocycles. The molecule has 0 fully saturated rings. The van der Waals surface area contributed by atoms with Crippen LogP contribution in [-0.4, -0.2) is 22.4 Å². The molecular weight excluding hydrogens is 579 g/mol. The molecule has 2 aliphatic rings. The summed E-state index contributed by atoms with van der Waals surface area (Å²) in [5.41, 5.74) is 8.59. The van der Waals surface area contributed by atoms with Crippen molar-refractivity contribution >= 4 is 75.5 Å². The fraction of sp³-hybridized carbons (Fsp3) is 0.119. The Morgan fingerprint density at radius 3 is 2.20 bits per heavy atom. The van der Waals surface area contributed by atoms with Crippen LogP contribution in [0.1, 0.15) is 36.7 Å². The fourth-order valence-electron chi connectivity index (χ4n) is 8.30. The number of benzene rings is 6. The average molecular weight is 610 g/mol. The zero-order chi connectivity index (χ0) is 30.7. The van der Waals surface area contributed by atoms with E-state index in [0.717, 1.165) is 5.84 Å². The predicted octanol–water partition coefficient (Wildman–Crippen LogP) is 10.9. The van der Waals surface area contributed by atoms with E-state index >= 15 is 0 Å². The first-order valence-corrected chi connectivity index (χ1v) is 16.8. The maximum Gasteiger partial charge on any atom is 0.149 e. The Balaban J connectivity index is 1.29. The zero-order valence-corrected chi connectivity index (χ0v) is 26.8. The molecule has 6 aromatic carbocycles. The van der Waals surface area contributed by atoms with Gasteiger partial charge in [0.1, 0.15) is 12.0 Å². The maximum absolute atomic E-state index is 5.78. The van der Waals surface area contributed by atoms with Gasteiger partial charge < -0.3 is 4.90 Å². The second-order valence-electron chi connectivity index (χ2n) is 13.3. The van der Waals surface area contributed by atoms with E-state index in [1.54, 1.807) is 0 Å². The van der Waals surface area contributed by atoms with Crippen molar-refractivity contribution in [1.29, 1.82) is 0 Å². The van der Waals surface area contributed by atoms with E-state index in [4.69, 9.17) is 4.99 Å². The van der Waals surface area contributed by atoms with Gasteiger partial charge in [-0.05, 0) is 57.8 Å². The topological polar surface area (TPSA) is 20.5 Å². The molecule has 1 atom stereocenters. The Bertz CT molecular complexity index is 2650. The first-order valence-electron chi connectivity index (χ1n) is 16.0. The van der Waals surface area contributed by atoms with Gasteiger partial charge in [0.15, 0.2) is 0 Å². The molecule has 0 saturated carbocycles. The van der Waals surface area contributed by atoms with Gasteiger partial charge in [-0.15, -0.1) is 11.3 Å². The average Bonchev–Trinajstić information content (AvgIpc) is 3.69. The lowest BCUT2D eigenvalue weighted by Crippen LogP contribution is -2.37. The van der Waals surface area contributed by atoms with E-state index in [0.29, 0.717) is 0 Å². The summed E-state index contributed by atoms with van der Waals surface area (Å²) in [6, 6.07) is 46.9. The molecule has 0 N–H and O–H groups in total. The molecule has 0 amide bonds. The van der Waals surface area contributed by atoms with Gasteiger partial charge in [0.2, 0.25) is 0 Å². The Hall–Kier alpha value is -5.19. The van der Waals surface area contributed by atoms with Crippen molar-refractivity contribution in [1.82, 2.24) is 9.47 Å². The number of aromatic nitrogens is 1. The van der Waals surface area contributed by atoms with Gasteiger partial charge in [0.25, 0.3) is 0 Å². The summed E-state index contributed by atoms with van der Waals surface area (Å²) < 4.78 is 5.08. The number of para-hydroxylation sites is 1. The van der Waals surface area contributed by atoms with Crippen molar-refractivity contribution in [2.24, 2.45) is 4.99 Å². The second-order valence-corrected chi connectivity index (χ2v) is 14.3. The summed E-state index contributed by atoms with van der Waals surface area (Å²) in [6.07, 6.45) is -0.173. The van der Waals surface area contributed by atoms with Crippen LogP contribution in [0.5, 0.6) is 0 Å². The standard InChI is InChI=1S/C42H31N3S/c1-42(2)33-17-9-6-16-31(33)38-39(42)44(3)40(27-20-21-30-29-15-8-11-19-36(29)46-37(30)24-27)43-41(38)45-34-18-10-7-14-28(34)32-22-25-12-4-5-13-26(25)23-35(32)45/h4-24,40H,1-3H3. The first kappa shape index (κ1) is 26.1. The number of hydrogen-bond donors (Lipinski definition) is 0. The van der Waals surface area contributed by atoms with Gasteiger partial charge >= 0.3 is 0 Å². The van der Waals surface area contributed by atoms with Crippen molar-refractivity contribution in [2.75, 3.05) is 7.05 Å². The van der Waals surface area contributed by atoms with E-state index in [2.05, 4.69) is 158 Å². The van der Waals surface area contributed by atoms with Crippen molar-refractivity contribution in [3.63, 3.8) is 0 Å². The Morgan fingerprint density at radius 2 is 1.33 bits per heavy atom. The van der Waals surface area contributed by atoms with Crippen LogP contribution in [-0.2, 0) is 5.41 Å². The number of nitrogens with zero attached hydrogens (tertiary/aromatic N) is 3. The van der Waals surface area contributed by atoms with E-state index in [1.165, 1.54) is 80.7 Å². The Labute approximate surface area is 271 Å². The lowest BCUT2D eigenvalue weighted by molar-refractivity contribution is 0.276. The molecule has 8 aromatic rings. The molecular formula is C42H31N3S. The van der Waals surface area contributed by atoms with E-state index in [1.807, 2.05) is 11.3 Å². The van der Waals surface area contributed by atoms with Crippen molar-refractivity contribution in [2.45, 2.75) is 25.4 Å². The molecule has 1 aliphatic carbocycles. The highest BCUT2D eigenvalue weighted by molar-refractivity contribution is 7.25. The number of hydrogen-bond acceptors (Lipinski definition) is 3. The highest BCUT2D eigenvalue weighted by atomic mass is 32.1. The van der Waals surface area contributed by atoms with Crippen LogP contribution in [0.3, 0.4) is 0 Å². The summed E-state index contributed by atoms with van der Waals surface area (Å²) >= 11 is 1.87. The summed E-state index contributed by atoms with van der Waals surface area (Å²) in [5.74, 6) is 1.02. The molecule has 220 valence electrons. The number of likely N-dealkylation sites (N-methyl/N-ethyl adjacent to an activating group) is 1. The van der Waals surface area contributed by atoms with E-state index in [-0.39, 0.29) is 11.6 Å². The summed E-state index contributed by atoms with van der Waals surface area (Å²) in [7, 11) is 2.24. The summed E-state index contributed by atoms with van der Waals surface area (Å²) in [6.45, 7) is 4.75. The van der Waals surface area contributed by atoms with Crippen LogP contribution in [0.25, 0.3) is 58.3 Å². The second kappa shape index (κ2) is 9.18. The Kier molecular flexibility index (Phi) is 5.20. The monoisotopic (exact) mass is 609 g/mol. The minimum Gasteiger partial charge on any atom is -0.351 e. The molecule has 4 heteroatoms. The number of aliphatic imine (C=N–C) groups is 1. The number of rotatable bonds is 1. The van der Waals surface area contributed by atoms with E-state index < -0.39 is 0 Å². The van der Waals surface area contributed by atoms with Gasteiger partial charge in [-0.2, -0.15) is 0 Å². The third-order valence-corrected chi connectivity index (χ3v) is 11.5. The number of fused-ring (bicyclic) bond motifs is 9. The molecule has 46 heavy (non-hydrogen) atoms. The quantitative estimate of drug-likeness (QED) is 0.181. The molecule has 0 spiro atoms. The van der Waals surface area contributed by atoms with Crippen LogP contribution in [0.15, 0.2) is 138 Å².